The van der Waals surface area contributed by atoms with Crippen LogP contribution in [0.1, 0.15) is 65.7 Å². The van der Waals surface area contributed by atoms with E-state index < -0.39 is 0 Å². The molecule has 18 heavy (non-hydrogen) atoms. The molecule has 0 aliphatic heterocycles. The third kappa shape index (κ3) is 5.65. The van der Waals surface area contributed by atoms with Crippen molar-refractivity contribution in [3.63, 3.8) is 0 Å². The monoisotopic (exact) mass is 251 g/mol. The Morgan fingerprint density at radius 3 is 2.56 bits per heavy atom. The second-order valence-corrected chi connectivity index (χ2v) is 5.72. The first-order valence-corrected chi connectivity index (χ1v) is 7.48. The Balaban J connectivity index is 2.50. The maximum atomic E-state index is 4.29. The number of nitrogens with zero attached hydrogens (tertiary/aromatic N) is 3. The summed E-state index contributed by atoms with van der Waals surface area (Å²) in [5.41, 5.74) is 0. The molecule has 0 heterocycles. The minimum absolute atomic E-state index is 0.732. The topological polar surface area (TPSA) is 28.0 Å². The van der Waals surface area contributed by atoms with Gasteiger partial charge < -0.3 is 4.90 Å². The van der Waals surface area contributed by atoms with Gasteiger partial charge in [0.15, 0.2) is 0 Å². The van der Waals surface area contributed by atoms with Gasteiger partial charge in [-0.15, -0.1) is 5.10 Å². The third-order valence-electron chi connectivity index (χ3n) is 3.44. The fourth-order valence-corrected chi connectivity index (χ4v) is 2.24. The van der Waals surface area contributed by atoms with E-state index in [2.05, 4.69) is 42.6 Å². The van der Waals surface area contributed by atoms with E-state index in [0.29, 0.717) is 0 Å². The van der Waals surface area contributed by atoms with Gasteiger partial charge in [0.1, 0.15) is 5.84 Å². The van der Waals surface area contributed by atoms with E-state index >= 15 is 0 Å². The summed E-state index contributed by atoms with van der Waals surface area (Å²) in [5.74, 6) is 1.94. The number of rotatable bonds is 9. The van der Waals surface area contributed by atoms with Crippen molar-refractivity contribution in [2.24, 2.45) is 16.1 Å². The fourth-order valence-electron chi connectivity index (χ4n) is 2.24. The minimum atomic E-state index is 0.732. The van der Waals surface area contributed by atoms with Crippen LogP contribution in [0.15, 0.2) is 10.2 Å². The highest BCUT2D eigenvalue weighted by molar-refractivity contribution is 5.83. The molecule has 3 nitrogen and oxygen atoms in total. The van der Waals surface area contributed by atoms with Crippen molar-refractivity contribution < 1.29 is 0 Å². The molecule has 3 heteroatoms. The average molecular weight is 251 g/mol. The normalized spacial score (nSPS) is 16.1. The maximum absolute atomic E-state index is 4.29. The van der Waals surface area contributed by atoms with E-state index in [1.165, 1.54) is 44.4 Å². The van der Waals surface area contributed by atoms with Gasteiger partial charge in [-0.1, -0.05) is 33.6 Å². The van der Waals surface area contributed by atoms with Gasteiger partial charge in [-0.25, -0.2) is 0 Å². The van der Waals surface area contributed by atoms with Crippen LogP contribution in [0.5, 0.6) is 0 Å². The summed E-state index contributed by atoms with van der Waals surface area (Å²) in [4.78, 5) is 2.48. The van der Waals surface area contributed by atoms with Crippen LogP contribution >= 0.6 is 0 Å². The molecule has 0 aromatic heterocycles. The summed E-state index contributed by atoms with van der Waals surface area (Å²) in [5, 5.41) is 8.06. The molecule has 1 fully saturated rings. The van der Waals surface area contributed by atoms with Gasteiger partial charge in [0, 0.05) is 25.7 Å². The lowest BCUT2D eigenvalue weighted by atomic mass is 10.1. The predicted molar refractivity (Wildman–Crippen MR) is 80.3 cm³/mol. The van der Waals surface area contributed by atoms with E-state index in [4.69, 9.17) is 0 Å². The Bertz CT molecular complexity index is 267. The number of amidine groups is 1. The molecule has 0 N–H and O–H groups in total. The Labute approximate surface area is 112 Å². The van der Waals surface area contributed by atoms with Crippen molar-refractivity contribution in [1.82, 2.24) is 4.90 Å². The summed E-state index contributed by atoms with van der Waals surface area (Å²) in [6, 6.07) is 0.732. The molecule has 1 rings (SSSR count). The molecular formula is C15H29N3. The first-order valence-electron chi connectivity index (χ1n) is 7.48. The average Bonchev–Trinajstić information content (AvgIpc) is 3.13. The Morgan fingerprint density at radius 1 is 1.33 bits per heavy atom. The molecule has 1 aliphatic carbocycles. The van der Waals surface area contributed by atoms with E-state index in [1.54, 1.807) is 0 Å². The zero-order valence-electron chi connectivity index (χ0n) is 12.4. The summed E-state index contributed by atoms with van der Waals surface area (Å²) in [6.07, 6.45) is 8.66. The Morgan fingerprint density at radius 2 is 2.06 bits per heavy atom. The lowest BCUT2D eigenvalue weighted by molar-refractivity contribution is 0.386. The van der Waals surface area contributed by atoms with Gasteiger partial charge in [0.2, 0.25) is 0 Å². The van der Waals surface area contributed by atoms with Crippen LogP contribution in [-0.4, -0.2) is 30.0 Å². The molecular weight excluding hydrogens is 222 g/mol. The van der Waals surface area contributed by atoms with Crippen molar-refractivity contribution in [3.8, 4) is 0 Å². The third-order valence-corrected chi connectivity index (χ3v) is 3.44. The molecule has 0 aromatic carbocycles. The number of hydrogen-bond acceptors (Lipinski definition) is 2. The lowest BCUT2D eigenvalue weighted by Gasteiger charge is -2.25. The van der Waals surface area contributed by atoms with Crippen LogP contribution in [0.3, 0.4) is 0 Å². The zero-order valence-corrected chi connectivity index (χ0v) is 12.4. The molecule has 0 saturated heterocycles. The van der Waals surface area contributed by atoms with Gasteiger partial charge in [-0.2, -0.15) is 5.10 Å². The standard InChI is InChI=1S/C15H29N3/c1-5-6-12-18(14-10-11-14)15(17-16-4)9-7-8-13(2)3/h13-14H,4-12H2,1-3H3/b17-15-. The fraction of sp³-hybridized carbons (Fsp3) is 0.867. The van der Waals surface area contributed by atoms with Gasteiger partial charge in [0.05, 0.1) is 0 Å². The zero-order chi connectivity index (χ0) is 13.4. The van der Waals surface area contributed by atoms with Crippen LogP contribution in [-0.2, 0) is 0 Å². The van der Waals surface area contributed by atoms with Crippen LogP contribution in [0.25, 0.3) is 0 Å². The SMILES string of the molecule is C=N/N=C(/CCCC(C)C)N(CCCC)C1CC1. The van der Waals surface area contributed by atoms with Crippen molar-refractivity contribution in [1.29, 1.82) is 0 Å². The molecule has 1 aliphatic rings. The van der Waals surface area contributed by atoms with Crippen LogP contribution < -0.4 is 0 Å². The quantitative estimate of drug-likeness (QED) is 0.344. The van der Waals surface area contributed by atoms with E-state index in [1.807, 2.05) is 0 Å². The highest BCUT2D eigenvalue weighted by Gasteiger charge is 2.30. The molecule has 0 bridgehead atoms. The van der Waals surface area contributed by atoms with Gasteiger partial charge >= 0.3 is 0 Å². The largest absolute Gasteiger partial charge is 0.356 e. The molecule has 1 saturated carbocycles. The molecule has 0 radical (unpaired) electrons. The summed E-state index contributed by atoms with van der Waals surface area (Å²) in [7, 11) is 0. The molecule has 0 spiro atoms. The number of unbranched alkanes of at least 4 members (excludes halogenated alkanes) is 1. The van der Waals surface area contributed by atoms with Crippen LogP contribution in [0.4, 0.5) is 0 Å². The Hall–Kier alpha value is -0.860. The van der Waals surface area contributed by atoms with Crippen molar-refractivity contribution in [2.45, 2.75) is 71.8 Å². The van der Waals surface area contributed by atoms with Gasteiger partial charge in [-0.3, -0.25) is 0 Å². The second-order valence-electron chi connectivity index (χ2n) is 5.72. The van der Waals surface area contributed by atoms with Crippen molar-refractivity contribution in [2.75, 3.05) is 6.54 Å². The second kappa shape index (κ2) is 8.28. The maximum Gasteiger partial charge on any atom is 0.127 e. The molecule has 0 atom stereocenters. The van der Waals surface area contributed by atoms with Crippen molar-refractivity contribution in [3.05, 3.63) is 0 Å². The molecule has 0 unspecified atom stereocenters. The first kappa shape index (κ1) is 15.2. The molecule has 0 aromatic rings. The van der Waals surface area contributed by atoms with Crippen LogP contribution in [0, 0.1) is 5.92 Å². The minimum Gasteiger partial charge on any atom is -0.356 e. The number of hydrogen-bond donors (Lipinski definition) is 0. The lowest BCUT2D eigenvalue weighted by Crippen LogP contribution is -2.34. The molecule has 104 valence electrons. The summed E-state index contributed by atoms with van der Waals surface area (Å²) < 4.78 is 0. The first-order chi connectivity index (χ1) is 8.69. The smallest absolute Gasteiger partial charge is 0.127 e. The van der Waals surface area contributed by atoms with Crippen LogP contribution in [0.2, 0.25) is 0 Å². The molecule has 0 amide bonds. The van der Waals surface area contributed by atoms with E-state index in [-0.39, 0.29) is 0 Å². The van der Waals surface area contributed by atoms with Gasteiger partial charge in [0.25, 0.3) is 0 Å². The van der Waals surface area contributed by atoms with Gasteiger partial charge in [-0.05, 0) is 31.6 Å². The highest BCUT2D eigenvalue weighted by Crippen LogP contribution is 2.28. The van der Waals surface area contributed by atoms with Crippen molar-refractivity contribution >= 4 is 12.6 Å². The summed E-state index contributed by atoms with van der Waals surface area (Å²) >= 11 is 0. The summed E-state index contributed by atoms with van der Waals surface area (Å²) in [6.45, 7) is 11.5. The van der Waals surface area contributed by atoms with E-state index in [9.17, 15) is 0 Å². The van der Waals surface area contributed by atoms with E-state index in [0.717, 1.165) is 24.9 Å². The predicted octanol–water partition coefficient (Wildman–Crippen LogP) is 4.09. The Kier molecular flexibility index (Phi) is 6.99. The highest BCUT2D eigenvalue weighted by atomic mass is 15.3.